The van der Waals surface area contributed by atoms with E-state index in [4.69, 9.17) is 4.42 Å². The summed E-state index contributed by atoms with van der Waals surface area (Å²) in [5.74, 6) is 0. The predicted octanol–water partition coefficient (Wildman–Crippen LogP) is 15.1. The third kappa shape index (κ3) is 4.48. The molecule has 3 heterocycles. The molecule has 11 aromatic rings. The lowest BCUT2D eigenvalue weighted by Gasteiger charge is -2.26. The lowest BCUT2D eigenvalue weighted by molar-refractivity contribution is 0.670. The SMILES string of the molecule is c1ccc(-c2cccc3c2oc2c(N(c4ccc(-c5cccc6sc7ccccc7c56)cc4)c4cccc5c4sc4ccccc45)cccc23)cc1. The van der Waals surface area contributed by atoms with E-state index in [-0.39, 0.29) is 0 Å². The van der Waals surface area contributed by atoms with Crippen LogP contribution in [0.5, 0.6) is 0 Å². The Hall–Kier alpha value is -6.20. The molecule has 0 amide bonds. The van der Waals surface area contributed by atoms with Crippen LogP contribution in [0.3, 0.4) is 0 Å². The lowest BCUT2D eigenvalue weighted by Crippen LogP contribution is -2.10. The number of fused-ring (bicyclic) bond motifs is 9. The van der Waals surface area contributed by atoms with Crippen molar-refractivity contribution in [2.75, 3.05) is 4.90 Å². The minimum absolute atomic E-state index is 0.873. The summed E-state index contributed by atoms with van der Waals surface area (Å²) >= 11 is 3.71. The van der Waals surface area contributed by atoms with E-state index in [0.29, 0.717) is 0 Å². The molecule has 3 aromatic heterocycles. The Labute approximate surface area is 308 Å². The molecule has 8 aromatic carbocycles. The molecule has 0 bridgehead atoms. The lowest BCUT2D eigenvalue weighted by atomic mass is 9.99. The van der Waals surface area contributed by atoms with E-state index in [1.54, 1.807) is 0 Å². The summed E-state index contributed by atoms with van der Waals surface area (Å²) in [5, 5.41) is 7.40. The molecule has 0 N–H and O–H groups in total. The highest BCUT2D eigenvalue weighted by Crippen LogP contribution is 2.49. The van der Waals surface area contributed by atoms with Gasteiger partial charge in [0.25, 0.3) is 0 Å². The molecule has 0 radical (unpaired) electrons. The molecular formula is C48H29NOS2. The topological polar surface area (TPSA) is 16.4 Å². The van der Waals surface area contributed by atoms with Crippen molar-refractivity contribution in [3.63, 3.8) is 0 Å². The standard InChI is InChI=1S/C48H29NOS2/c1-2-12-30(13-3-1)34-17-8-18-36-37-19-9-21-40(47(37)50-46(34)36)49(41-22-10-20-38-35-14-4-6-23-42(35)52-48(38)41)32-28-26-31(27-29-32)33-16-11-25-44-45(33)39-15-5-7-24-43(39)51-44/h1-29H. The molecule has 0 aliphatic heterocycles. The average Bonchev–Trinajstić information content (AvgIpc) is 3.91. The Bertz CT molecular complexity index is 3130. The summed E-state index contributed by atoms with van der Waals surface area (Å²) < 4.78 is 12.2. The van der Waals surface area contributed by atoms with E-state index >= 15 is 0 Å². The molecule has 2 nitrogen and oxygen atoms in total. The molecular weight excluding hydrogens is 671 g/mol. The van der Waals surface area contributed by atoms with E-state index in [1.807, 2.05) is 22.7 Å². The Kier molecular flexibility index (Phi) is 6.63. The zero-order valence-corrected chi connectivity index (χ0v) is 29.5. The first kappa shape index (κ1) is 29.5. The maximum absolute atomic E-state index is 7.00. The van der Waals surface area contributed by atoms with Crippen molar-refractivity contribution in [1.29, 1.82) is 0 Å². The number of hydrogen-bond donors (Lipinski definition) is 0. The second kappa shape index (κ2) is 11.7. The highest BCUT2D eigenvalue weighted by atomic mass is 32.1. The number of furan rings is 1. The molecule has 0 spiro atoms. The first-order chi connectivity index (χ1) is 25.8. The molecule has 0 fully saturated rings. The Morgan fingerprint density at radius 2 is 0.942 bits per heavy atom. The third-order valence-corrected chi connectivity index (χ3v) is 12.6. The van der Waals surface area contributed by atoms with Crippen molar-refractivity contribution in [2.45, 2.75) is 0 Å². The summed E-state index contributed by atoms with van der Waals surface area (Å²) in [7, 11) is 0. The molecule has 0 atom stereocenters. The highest BCUT2D eigenvalue weighted by molar-refractivity contribution is 7.26. The Morgan fingerprint density at radius 3 is 1.77 bits per heavy atom. The zero-order chi connectivity index (χ0) is 34.2. The van der Waals surface area contributed by atoms with Crippen LogP contribution in [-0.4, -0.2) is 0 Å². The van der Waals surface area contributed by atoms with Gasteiger partial charge in [-0.2, -0.15) is 0 Å². The van der Waals surface area contributed by atoms with Gasteiger partial charge in [0.05, 0.1) is 16.1 Å². The molecule has 0 unspecified atom stereocenters. The van der Waals surface area contributed by atoms with Crippen LogP contribution in [0.1, 0.15) is 0 Å². The Morgan fingerprint density at radius 1 is 0.365 bits per heavy atom. The van der Waals surface area contributed by atoms with Crippen LogP contribution in [0.25, 0.3) is 84.5 Å². The number of nitrogens with zero attached hydrogens (tertiary/aromatic N) is 1. The molecule has 244 valence electrons. The molecule has 0 saturated carbocycles. The monoisotopic (exact) mass is 699 g/mol. The van der Waals surface area contributed by atoms with Crippen LogP contribution in [0.4, 0.5) is 17.1 Å². The summed E-state index contributed by atoms with van der Waals surface area (Å²) in [6, 6.07) is 63.5. The summed E-state index contributed by atoms with van der Waals surface area (Å²) in [5.41, 5.74) is 9.69. The molecule has 0 saturated heterocycles. The van der Waals surface area contributed by atoms with E-state index in [1.165, 1.54) is 51.5 Å². The van der Waals surface area contributed by atoms with E-state index in [9.17, 15) is 0 Å². The first-order valence-electron chi connectivity index (χ1n) is 17.5. The minimum atomic E-state index is 0.873. The number of benzene rings is 8. The van der Waals surface area contributed by atoms with E-state index in [0.717, 1.165) is 50.1 Å². The van der Waals surface area contributed by atoms with Gasteiger partial charge in [-0.1, -0.05) is 133 Å². The van der Waals surface area contributed by atoms with Gasteiger partial charge in [-0.3, -0.25) is 0 Å². The molecule has 11 rings (SSSR count). The van der Waals surface area contributed by atoms with Gasteiger partial charge >= 0.3 is 0 Å². The number of anilines is 3. The third-order valence-electron chi connectivity index (χ3n) is 10.3. The molecule has 0 aliphatic rings. The van der Waals surface area contributed by atoms with Crippen molar-refractivity contribution in [2.24, 2.45) is 0 Å². The van der Waals surface area contributed by atoms with Gasteiger partial charge in [-0.25, -0.2) is 0 Å². The molecule has 52 heavy (non-hydrogen) atoms. The minimum Gasteiger partial charge on any atom is -0.453 e. The van der Waals surface area contributed by atoms with Gasteiger partial charge in [0, 0.05) is 57.7 Å². The van der Waals surface area contributed by atoms with Gasteiger partial charge in [0.1, 0.15) is 5.58 Å². The van der Waals surface area contributed by atoms with Gasteiger partial charge in [-0.05, 0) is 59.2 Å². The normalized spacial score (nSPS) is 11.8. The number of hydrogen-bond acceptors (Lipinski definition) is 4. The predicted molar refractivity (Wildman–Crippen MR) is 225 cm³/mol. The van der Waals surface area contributed by atoms with Crippen molar-refractivity contribution in [3.8, 4) is 22.3 Å². The highest BCUT2D eigenvalue weighted by Gasteiger charge is 2.23. The van der Waals surface area contributed by atoms with Gasteiger partial charge in [0.2, 0.25) is 0 Å². The van der Waals surface area contributed by atoms with Gasteiger partial charge in [-0.15, -0.1) is 22.7 Å². The van der Waals surface area contributed by atoms with Gasteiger partial charge in [0.15, 0.2) is 5.58 Å². The second-order valence-corrected chi connectivity index (χ2v) is 15.4. The smallest absolute Gasteiger partial charge is 0.159 e. The fraction of sp³-hybridized carbons (Fsp3) is 0. The fourth-order valence-corrected chi connectivity index (χ4v) is 10.3. The van der Waals surface area contributed by atoms with E-state index in [2.05, 4.69) is 181 Å². The maximum Gasteiger partial charge on any atom is 0.159 e. The van der Waals surface area contributed by atoms with Crippen molar-refractivity contribution >= 4 is 102 Å². The first-order valence-corrected chi connectivity index (χ1v) is 19.1. The van der Waals surface area contributed by atoms with Crippen LogP contribution in [0.15, 0.2) is 180 Å². The van der Waals surface area contributed by atoms with Crippen LogP contribution >= 0.6 is 22.7 Å². The van der Waals surface area contributed by atoms with Gasteiger partial charge < -0.3 is 9.32 Å². The van der Waals surface area contributed by atoms with Crippen LogP contribution in [0.2, 0.25) is 0 Å². The van der Waals surface area contributed by atoms with E-state index < -0.39 is 0 Å². The maximum atomic E-state index is 7.00. The number of rotatable bonds is 5. The van der Waals surface area contributed by atoms with Crippen LogP contribution in [0, 0.1) is 0 Å². The van der Waals surface area contributed by atoms with Crippen LogP contribution in [-0.2, 0) is 0 Å². The summed E-state index contributed by atoms with van der Waals surface area (Å²) in [6.45, 7) is 0. The van der Waals surface area contributed by atoms with Crippen molar-refractivity contribution in [3.05, 3.63) is 176 Å². The molecule has 4 heteroatoms. The second-order valence-electron chi connectivity index (χ2n) is 13.2. The van der Waals surface area contributed by atoms with Crippen LogP contribution < -0.4 is 4.90 Å². The number of para-hydroxylation sites is 2. The quantitative estimate of drug-likeness (QED) is 0.178. The zero-order valence-electron chi connectivity index (χ0n) is 27.9. The van der Waals surface area contributed by atoms with Crippen molar-refractivity contribution in [1.82, 2.24) is 0 Å². The summed E-state index contributed by atoms with van der Waals surface area (Å²) in [6.07, 6.45) is 0. The Balaban J connectivity index is 1.15. The fourth-order valence-electron chi connectivity index (χ4n) is 7.95. The summed E-state index contributed by atoms with van der Waals surface area (Å²) in [4.78, 5) is 2.40. The molecule has 0 aliphatic carbocycles. The number of thiophene rings is 2. The van der Waals surface area contributed by atoms with Crippen molar-refractivity contribution < 1.29 is 4.42 Å². The largest absolute Gasteiger partial charge is 0.453 e. The average molecular weight is 700 g/mol.